The molecule has 0 bridgehead atoms. The van der Waals surface area contributed by atoms with E-state index in [1.54, 1.807) is 30.3 Å². The normalized spacial score (nSPS) is 19.7. The van der Waals surface area contributed by atoms with Crippen molar-refractivity contribution in [1.82, 2.24) is 10.6 Å². The Morgan fingerprint density at radius 3 is 2.35 bits per heavy atom. The summed E-state index contributed by atoms with van der Waals surface area (Å²) in [6, 6.07) is 13.3. The standard InChI is InChI=1S/C19H16F2N2O3/c1-11-15(17(24)13-5-3-2-4-6-13)16(23-19(25)22-11)12-7-9-14(10-8-12)26-18(20)21/h2-10,15-16,18H,1H2,(H2,22,23,25)/t15-,16+/m1/s1. The van der Waals surface area contributed by atoms with Crippen molar-refractivity contribution >= 4 is 11.8 Å². The maximum absolute atomic E-state index is 12.9. The molecule has 1 aliphatic heterocycles. The topological polar surface area (TPSA) is 67.4 Å². The summed E-state index contributed by atoms with van der Waals surface area (Å²) in [5.74, 6) is -0.952. The Bertz CT molecular complexity index is 822. The predicted octanol–water partition coefficient (Wildman–Crippen LogP) is 3.65. The number of urea groups is 1. The number of alkyl halides is 2. The molecule has 26 heavy (non-hydrogen) atoms. The zero-order valence-corrected chi connectivity index (χ0v) is 13.6. The Morgan fingerprint density at radius 2 is 1.73 bits per heavy atom. The molecule has 0 spiro atoms. The van der Waals surface area contributed by atoms with Gasteiger partial charge in [0.2, 0.25) is 0 Å². The van der Waals surface area contributed by atoms with Crippen molar-refractivity contribution in [2.45, 2.75) is 12.7 Å². The van der Waals surface area contributed by atoms with Crippen LogP contribution >= 0.6 is 0 Å². The molecule has 2 aromatic carbocycles. The number of Topliss-reactive ketones (excluding diaryl/α,β-unsaturated/α-hetero) is 1. The molecule has 0 radical (unpaired) electrons. The Labute approximate surface area is 148 Å². The summed E-state index contributed by atoms with van der Waals surface area (Å²) < 4.78 is 28.9. The molecule has 2 N–H and O–H groups in total. The van der Waals surface area contributed by atoms with Gasteiger partial charge in [0.1, 0.15) is 5.75 Å². The Hall–Kier alpha value is -3.22. The van der Waals surface area contributed by atoms with Crippen molar-refractivity contribution in [3.63, 3.8) is 0 Å². The van der Waals surface area contributed by atoms with Gasteiger partial charge in [0.15, 0.2) is 5.78 Å². The number of hydrogen-bond acceptors (Lipinski definition) is 3. The van der Waals surface area contributed by atoms with Gasteiger partial charge in [-0.1, -0.05) is 49.0 Å². The van der Waals surface area contributed by atoms with E-state index in [0.29, 0.717) is 11.1 Å². The van der Waals surface area contributed by atoms with Gasteiger partial charge in [0, 0.05) is 11.3 Å². The van der Waals surface area contributed by atoms with Crippen molar-refractivity contribution in [1.29, 1.82) is 0 Å². The van der Waals surface area contributed by atoms with E-state index in [0.717, 1.165) is 0 Å². The van der Waals surface area contributed by atoms with Crippen molar-refractivity contribution in [3.05, 3.63) is 78.0 Å². The van der Waals surface area contributed by atoms with Crippen LogP contribution in [-0.4, -0.2) is 18.4 Å². The summed E-state index contributed by atoms with van der Waals surface area (Å²) >= 11 is 0. The highest BCUT2D eigenvalue weighted by molar-refractivity contribution is 6.01. The molecule has 1 fully saturated rings. The highest BCUT2D eigenvalue weighted by Gasteiger charge is 2.38. The molecule has 7 heteroatoms. The molecule has 1 heterocycles. The van der Waals surface area contributed by atoms with E-state index in [4.69, 9.17) is 0 Å². The molecular weight excluding hydrogens is 342 g/mol. The van der Waals surface area contributed by atoms with Crippen LogP contribution in [0.3, 0.4) is 0 Å². The van der Waals surface area contributed by atoms with Gasteiger partial charge < -0.3 is 15.4 Å². The molecule has 0 unspecified atom stereocenters. The molecule has 3 rings (SSSR count). The van der Waals surface area contributed by atoms with Crippen LogP contribution in [0.25, 0.3) is 0 Å². The summed E-state index contributed by atoms with van der Waals surface area (Å²) in [5.41, 5.74) is 1.34. The second kappa shape index (κ2) is 7.35. The number of benzene rings is 2. The van der Waals surface area contributed by atoms with Gasteiger partial charge in [-0.05, 0) is 17.7 Å². The van der Waals surface area contributed by atoms with Crippen LogP contribution in [0.2, 0.25) is 0 Å². The SMILES string of the molecule is C=C1NC(=O)N[C@@H](c2ccc(OC(F)F)cc2)[C@@H]1C(=O)c1ccccc1. The molecule has 0 saturated carbocycles. The molecule has 2 aromatic rings. The number of hydrogen-bond donors (Lipinski definition) is 2. The lowest BCUT2D eigenvalue weighted by Crippen LogP contribution is -2.50. The minimum Gasteiger partial charge on any atom is -0.435 e. The molecular formula is C19H16F2N2O3. The summed E-state index contributed by atoms with van der Waals surface area (Å²) in [4.78, 5) is 24.8. The quantitative estimate of drug-likeness (QED) is 0.802. The van der Waals surface area contributed by atoms with Gasteiger partial charge in [0.25, 0.3) is 0 Å². The van der Waals surface area contributed by atoms with E-state index in [9.17, 15) is 18.4 Å². The van der Waals surface area contributed by atoms with Gasteiger partial charge in [-0.25, -0.2) is 4.79 Å². The van der Waals surface area contributed by atoms with Gasteiger partial charge in [-0.15, -0.1) is 0 Å². The molecule has 5 nitrogen and oxygen atoms in total. The van der Waals surface area contributed by atoms with Crippen molar-refractivity contribution in [3.8, 4) is 5.75 Å². The van der Waals surface area contributed by atoms with Gasteiger partial charge in [-0.3, -0.25) is 4.79 Å². The molecule has 2 atom stereocenters. The van der Waals surface area contributed by atoms with E-state index >= 15 is 0 Å². The minimum absolute atomic E-state index is 0.00577. The van der Waals surface area contributed by atoms with E-state index < -0.39 is 24.6 Å². The lowest BCUT2D eigenvalue weighted by Gasteiger charge is -2.34. The van der Waals surface area contributed by atoms with Crippen LogP contribution in [-0.2, 0) is 0 Å². The fourth-order valence-corrected chi connectivity index (χ4v) is 2.91. The largest absolute Gasteiger partial charge is 0.435 e. The lowest BCUT2D eigenvalue weighted by atomic mass is 9.83. The second-order valence-electron chi connectivity index (χ2n) is 5.76. The summed E-state index contributed by atoms with van der Waals surface area (Å²) in [6.07, 6.45) is 0. The van der Waals surface area contributed by atoms with Crippen LogP contribution in [0, 0.1) is 5.92 Å². The first-order valence-electron chi connectivity index (χ1n) is 7.86. The first-order chi connectivity index (χ1) is 12.5. The van der Waals surface area contributed by atoms with Crippen molar-refractivity contribution in [2.75, 3.05) is 0 Å². The van der Waals surface area contributed by atoms with Gasteiger partial charge in [-0.2, -0.15) is 8.78 Å². The second-order valence-corrected chi connectivity index (χ2v) is 5.76. The third-order valence-corrected chi connectivity index (χ3v) is 4.07. The smallest absolute Gasteiger partial charge is 0.387 e. The summed E-state index contributed by atoms with van der Waals surface area (Å²) in [6.45, 7) is 0.884. The molecule has 1 aliphatic rings. The zero-order chi connectivity index (χ0) is 18.7. The van der Waals surface area contributed by atoms with E-state index in [2.05, 4.69) is 21.9 Å². The van der Waals surface area contributed by atoms with Crippen LogP contribution < -0.4 is 15.4 Å². The predicted molar refractivity (Wildman–Crippen MR) is 90.9 cm³/mol. The summed E-state index contributed by atoms with van der Waals surface area (Å²) in [5, 5.41) is 5.23. The molecule has 2 amide bonds. The molecule has 1 saturated heterocycles. The highest BCUT2D eigenvalue weighted by atomic mass is 19.3. The van der Waals surface area contributed by atoms with E-state index in [1.165, 1.54) is 24.3 Å². The fourth-order valence-electron chi connectivity index (χ4n) is 2.91. The number of nitrogens with one attached hydrogen (secondary N) is 2. The van der Waals surface area contributed by atoms with Crippen LogP contribution in [0.5, 0.6) is 5.75 Å². The average Bonchev–Trinajstić information content (AvgIpc) is 2.61. The maximum Gasteiger partial charge on any atom is 0.387 e. The molecule has 134 valence electrons. The number of amides is 2. The molecule has 0 aromatic heterocycles. The first kappa shape index (κ1) is 17.6. The van der Waals surface area contributed by atoms with Gasteiger partial charge >= 0.3 is 12.6 Å². The number of ketones is 1. The van der Waals surface area contributed by atoms with Crippen LogP contribution in [0.4, 0.5) is 13.6 Å². The number of carbonyl (C=O) groups is 2. The Balaban J connectivity index is 1.92. The number of ether oxygens (including phenoxy) is 1. The Morgan fingerprint density at radius 1 is 1.08 bits per heavy atom. The maximum atomic E-state index is 12.9. The summed E-state index contributed by atoms with van der Waals surface area (Å²) in [7, 11) is 0. The molecule has 0 aliphatic carbocycles. The van der Waals surface area contributed by atoms with Crippen molar-refractivity contribution in [2.24, 2.45) is 5.92 Å². The van der Waals surface area contributed by atoms with Crippen LogP contribution in [0.1, 0.15) is 22.0 Å². The van der Waals surface area contributed by atoms with Gasteiger partial charge in [0.05, 0.1) is 12.0 Å². The average molecular weight is 358 g/mol. The number of carbonyl (C=O) groups excluding carboxylic acids is 2. The highest BCUT2D eigenvalue weighted by Crippen LogP contribution is 2.33. The van der Waals surface area contributed by atoms with E-state index in [1.807, 2.05) is 0 Å². The number of halogens is 2. The van der Waals surface area contributed by atoms with Crippen molar-refractivity contribution < 1.29 is 23.1 Å². The third kappa shape index (κ3) is 3.72. The number of rotatable bonds is 5. The van der Waals surface area contributed by atoms with E-state index in [-0.39, 0.29) is 17.2 Å². The monoisotopic (exact) mass is 358 g/mol. The third-order valence-electron chi connectivity index (χ3n) is 4.07. The lowest BCUT2D eigenvalue weighted by molar-refractivity contribution is -0.0498. The first-order valence-corrected chi connectivity index (χ1v) is 7.86. The fraction of sp³-hybridized carbons (Fsp3) is 0.158. The Kier molecular flexibility index (Phi) is 4.97. The van der Waals surface area contributed by atoms with Crippen LogP contribution in [0.15, 0.2) is 66.9 Å². The minimum atomic E-state index is -2.92. The zero-order valence-electron chi connectivity index (χ0n) is 13.6.